The molecule has 0 aliphatic carbocycles. The number of aromatic nitrogens is 1. The van der Waals surface area contributed by atoms with Gasteiger partial charge in [0.15, 0.2) is 5.75 Å². The first-order chi connectivity index (χ1) is 6.59. The van der Waals surface area contributed by atoms with E-state index in [9.17, 15) is 8.42 Å². The van der Waals surface area contributed by atoms with Crippen molar-refractivity contribution < 1.29 is 13.2 Å². The molecule has 1 unspecified atom stereocenters. The Hall–Kier alpha value is -1.14. The fourth-order valence-electron chi connectivity index (χ4n) is 1.22. The van der Waals surface area contributed by atoms with Crippen LogP contribution in [0.1, 0.15) is 6.92 Å². The van der Waals surface area contributed by atoms with Crippen LogP contribution in [0.15, 0.2) is 23.4 Å². The summed E-state index contributed by atoms with van der Waals surface area (Å²) < 4.78 is 31.0. The molecule has 76 valence electrons. The lowest BCUT2D eigenvalue weighted by molar-refractivity contribution is 0.223. The van der Waals surface area contributed by atoms with Gasteiger partial charge in [-0.15, -0.1) is 0 Å². The number of fused-ring (bicyclic) bond motifs is 1. The molecule has 1 aliphatic heterocycles. The van der Waals surface area contributed by atoms with Gasteiger partial charge in [-0.2, -0.15) is 0 Å². The van der Waals surface area contributed by atoms with Crippen molar-refractivity contribution in [1.29, 1.82) is 0 Å². The SMILES string of the molecule is CC1CNS(=O)(=O)c2ncccc2O1. The summed E-state index contributed by atoms with van der Waals surface area (Å²) in [5.74, 6) is 0.310. The predicted octanol–water partition coefficient (Wildman–Crippen LogP) is 0.141. The van der Waals surface area contributed by atoms with Crippen molar-refractivity contribution in [3.05, 3.63) is 18.3 Å². The topological polar surface area (TPSA) is 68.3 Å². The minimum absolute atomic E-state index is 0.0376. The van der Waals surface area contributed by atoms with Gasteiger partial charge in [-0.05, 0) is 19.1 Å². The van der Waals surface area contributed by atoms with Gasteiger partial charge in [0.25, 0.3) is 10.0 Å². The zero-order valence-corrected chi connectivity index (χ0v) is 8.41. The molecule has 1 aromatic rings. The fraction of sp³-hybridized carbons (Fsp3) is 0.375. The second-order valence-corrected chi connectivity index (χ2v) is 4.77. The molecule has 14 heavy (non-hydrogen) atoms. The van der Waals surface area contributed by atoms with Gasteiger partial charge in [-0.1, -0.05) is 0 Å². The highest BCUT2D eigenvalue weighted by Gasteiger charge is 2.26. The van der Waals surface area contributed by atoms with Gasteiger partial charge in [0.05, 0.1) is 0 Å². The molecule has 1 aromatic heterocycles. The molecular weight excluding hydrogens is 204 g/mol. The number of sulfonamides is 1. The van der Waals surface area contributed by atoms with E-state index in [2.05, 4.69) is 9.71 Å². The summed E-state index contributed by atoms with van der Waals surface area (Å²) in [6.07, 6.45) is 1.24. The normalized spacial score (nSPS) is 24.5. The van der Waals surface area contributed by atoms with Gasteiger partial charge in [0.2, 0.25) is 5.03 Å². The molecule has 0 saturated carbocycles. The van der Waals surface area contributed by atoms with E-state index < -0.39 is 10.0 Å². The van der Waals surface area contributed by atoms with Crippen LogP contribution in [0.25, 0.3) is 0 Å². The molecule has 0 radical (unpaired) electrons. The quantitative estimate of drug-likeness (QED) is 0.667. The van der Waals surface area contributed by atoms with Gasteiger partial charge in [-0.25, -0.2) is 18.1 Å². The first-order valence-corrected chi connectivity index (χ1v) is 5.69. The summed E-state index contributed by atoms with van der Waals surface area (Å²) in [5.41, 5.74) is 0. The van der Waals surface area contributed by atoms with Crippen LogP contribution in [-0.4, -0.2) is 26.1 Å². The van der Waals surface area contributed by atoms with E-state index in [1.807, 2.05) is 0 Å². The summed E-state index contributed by atoms with van der Waals surface area (Å²) in [4.78, 5) is 3.79. The third-order valence-electron chi connectivity index (χ3n) is 1.88. The van der Waals surface area contributed by atoms with Crippen LogP contribution in [0.3, 0.4) is 0 Å². The highest BCUT2D eigenvalue weighted by molar-refractivity contribution is 7.89. The van der Waals surface area contributed by atoms with Gasteiger partial charge in [0.1, 0.15) is 6.10 Å². The molecule has 0 bridgehead atoms. The standard InChI is InChI=1S/C8H10N2O3S/c1-6-5-10-14(11,12)8-7(13-6)3-2-4-9-8/h2-4,6,10H,5H2,1H3. The van der Waals surface area contributed by atoms with E-state index in [0.29, 0.717) is 5.75 Å². The van der Waals surface area contributed by atoms with E-state index in [1.165, 1.54) is 6.20 Å². The molecule has 1 N–H and O–H groups in total. The molecule has 0 fully saturated rings. The number of hydrogen-bond donors (Lipinski definition) is 1. The van der Waals surface area contributed by atoms with Gasteiger partial charge in [0, 0.05) is 12.7 Å². The van der Waals surface area contributed by atoms with Gasteiger partial charge in [-0.3, -0.25) is 0 Å². The van der Waals surface area contributed by atoms with Crippen molar-refractivity contribution in [3.63, 3.8) is 0 Å². The van der Waals surface area contributed by atoms with Crippen LogP contribution in [0, 0.1) is 0 Å². The average Bonchev–Trinajstić information content (AvgIpc) is 2.25. The van der Waals surface area contributed by atoms with Crippen LogP contribution in [-0.2, 0) is 10.0 Å². The molecule has 0 spiro atoms. The van der Waals surface area contributed by atoms with Crippen LogP contribution < -0.4 is 9.46 Å². The molecule has 0 amide bonds. The third-order valence-corrected chi connectivity index (χ3v) is 3.24. The summed E-state index contributed by atoms with van der Waals surface area (Å²) in [6, 6.07) is 3.25. The Balaban J connectivity index is 2.58. The Morgan fingerprint density at radius 1 is 1.64 bits per heavy atom. The van der Waals surface area contributed by atoms with E-state index in [-0.39, 0.29) is 17.7 Å². The minimum atomic E-state index is -3.50. The van der Waals surface area contributed by atoms with E-state index in [4.69, 9.17) is 4.74 Å². The number of hydrogen-bond acceptors (Lipinski definition) is 4. The predicted molar refractivity (Wildman–Crippen MR) is 49.5 cm³/mol. The van der Waals surface area contributed by atoms with Crippen molar-refractivity contribution in [2.24, 2.45) is 0 Å². The molecule has 1 atom stereocenters. The lowest BCUT2D eigenvalue weighted by atomic mass is 10.4. The highest BCUT2D eigenvalue weighted by atomic mass is 32.2. The molecule has 2 rings (SSSR count). The van der Waals surface area contributed by atoms with Crippen molar-refractivity contribution in [3.8, 4) is 5.75 Å². The van der Waals surface area contributed by atoms with E-state index in [0.717, 1.165) is 0 Å². The third kappa shape index (κ3) is 1.58. The lowest BCUT2D eigenvalue weighted by Crippen LogP contribution is -2.30. The molecular formula is C8H10N2O3S. The Bertz CT molecular complexity index is 444. The minimum Gasteiger partial charge on any atom is -0.486 e. The maximum absolute atomic E-state index is 11.6. The van der Waals surface area contributed by atoms with Crippen LogP contribution in [0.4, 0.5) is 0 Å². The Morgan fingerprint density at radius 3 is 3.21 bits per heavy atom. The molecule has 1 aliphatic rings. The second-order valence-electron chi connectivity index (χ2n) is 3.09. The van der Waals surface area contributed by atoms with Crippen LogP contribution in [0.5, 0.6) is 5.75 Å². The smallest absolute Gasteiger partial charge is 0.261 e. The Morgan fingerprint density at radius 2 is 2.43 bits per heavy atom. The number of ether oxygens (including phenoxy) is 1. The molecule has 2 heterocycles. The van der Waals surface area contributed by atoms with Gasteiger partial charge >= 0.3 is 0 Å². The summed E-state index contributed by atoms with van der Waals surface area (Å²) >= 11 is 0. The zero-order chi connectivity index (χ0) is 10.2. The monoisotopic (exact) mass is 214 g/mol. The zero-order valence-electron chi connectivity index (χ0n) is 7.60. The molecule has 6 heteroatoms. The number of nitrogens with zero attached hydrogens (tertiary/aromatic N) is 1. The molecule has 5 nitrogen and oxygen atoms in total. The first-order valence-electron chi connectivity index (χ1n) is 4.21. The molecule has 0 aromatic carbocycles. The lowest BCUT2D eigenvalue weighted by Gasteiger charge is -2.09. The van der Waals surface area contributed by atoms with Crippen LogP contribution in [0.2, 0.25) is 0 Å². The summed E-state index contributed by atoms with van der Waals surface area (Å²) in [7, 11) is -3.50. The van der Waals surface area contributed by atoms with Crippen LogP contribution >= 0.6 is 0 Å². The maximum atomic E-state index is 11.6. The van der Waals surface area contributed by atoms with Crippen molar-refractivity contribution in [1.82, 2.24) is 9.71 Å². The maximum Gasteiger partial charge on any atom is 0.261 e. The first kappa shape index (κ1) is 9.42. The van der Waals surface area contributed by atoms with E-state index >= 15 is 0 Å². The number of rotatable bonds is 0. The van der Waals surface area contributed by atoms with Crippen molar-refractivity contribution in [2.45, 2.75) is 18.1 Å². The fourth-order valence-corrected chi connectivity index (χ4v) is 2.39. The number of pyridine rings is 1. The van der Waals surface area contributed by atoms with Crippen molar-refractivity contribution >= 4 is 10.0 Å². The average molecular weight is 214 g/mol. The van der Waals surface area contributed by atoms with E-state index in [1.54, 1.807) is 19.1 Å². The van der Waals surface area contributed by atoms with Gasteiger partial charge < -0.3 is 4.74 Å². The highest BCUT2D eigenvalue weighted by Crippen LogP contribution is 2.23. The summed E-state index contributed by atoms with van der Waals surface area (Å²) in [5, 5.41) is -0.0376. The number of nitrogens with one attached hydrogen (secondary N) is 1. The van der Waals surface area contributed by atoms with Crippen molar-refractivity contribution in [2.75, 3.05) is 6.54 Å². The molecule has 0 saturated heterocycles. The Kier molecular flexibility index (Phi) is 2.16. The largest absolute Gasteiger partial charge is 0.486 e. The Labute approximate surface area is 82.2 Å². The second kappa shape index (κ2) is 3.21. The summed E-state index contributed by atoms with van der Waals surface area (Å²) in [6.45, 7) is 2.06.